The van der Waals surface area contributed by atoms with Crippen molar-refractivity contribution in [3.05, 3.63) is 70.7 Å². The van der Waals surface area contributed by atoms with Crippen LogP contribution < -0.4 is 0 Å². The number of rotatable bonds is 12. The molecule has 0 radical (unpaired) electrons. The lowest BCUT2D eigenvalue weighted by molar-refractivity contribution is 0.172. The van der Waals surface area contributed by atoms with Gasteiger partial charge in [-0.05, 0) is 80.7 Å². The Hall–Kier alpha value is -1.82. The third-order valence-corrected chi connectivity index (χ3v) is 6.99. The molecule has 0 heterocycles. The molecule has 2 aromatic rings. The van der Waals surface area contributed by atoms with E-state index in [1.807, 2.05) is 12.1 Å². The van der Waals surface area contributed by atoms with Crippen molar-refractivity contribution in [3.63, 3.8) is 0 Å². The van der Waals surface area contributed by atoms with E-state index in [4.69, 9.17) is 11.6 Å². The van der Waals surface area contributed by atoms with Crippen molar-refractivity contribution in [2.24, 2.45) is 5.92 Å². The van der Waals surface area contributed by atoms with E-state index in [0.717, 1.165) is 55.8 Å². The Kier molecular flexibility index (Phi) is 8.37. The maximum absolute atomic E-state index is 10.3. The van der Waals surface area contributed by atoms with Crippen molar-refractivity contribution < 1.29 is 0 Å². The van der Waals surface area contributed by atoms with Crippen LogP contribution in [0, 0.1) is 17.2 Å². The van der Waals surface area contributed by atoms with Gasteiger partial charge in [-0.2, -0.15) is 5.26 Å². The number of halogens is 1. The third kappa shape index (κ3) is 5.65. The number of nitrogens with zero attached hydrogens (tertiary/aromatic N) is 2. The second-order valence-corrected chi connectivity index (χ2v) is 9.17. The van der Waals surface area contributed by atoms with Gasteiger partial charge in [0.2, 0.25) is 0 Å². The fraction of sp³-hybridized carbons (Fsp3) is 0.519. The molecule has 3 heteroatoms. The predicted octanol–water partition coefficient (Wildman–Crippen LogP) is 7.02. The van der Waals surface area contributed by atoms with Crippen LogP contribution in [0.5, 0.6) is 0 Å². The summed E-state index contributed by atoms with van der Waals surface area (Å²) in [7, 11) is 0. The molecule has 0 N–H and O–H groups in total. The Morgan fingerprint density at radius 1 is 1.07 bits per heavy atom. The Morgan fingerprint density at radius 2 is 1.77 bits per heavy atom. The van der Waals surface area contributed by atoms with E-state index in [2.05, 4.69) is 67.3 Å². The van der Waals surface area contributed by atoms with Gasteiger partial charge in [-0.15, -0.1) is 0 Å². The second-order valence-electron chi connectivity index (χ2n) is 8.74. The van der Waals surface area contributed by atoms with Crippen molar-refractivity contribution in [3.8, 4) is 6.07 Å². The van der Waals surface area contributed by atoms with E-state index in [1.165, 1.54) is 18.4 Å². The molecule has 0 spiro atoms. The molecule has 3 rings (SSSR count). The Bertz CT molecular complexity index is 807. The molecule has 2 unspecified atom stereocenters. The molecular weight excluding hydrogens is 388 g/mol. The molecule has 30 heavy (non-hydrogen) atoms. The molecule has 0 aliphatic heterocycles. The Morgan fingerprint density at radius 3 is 2.33 bits per heavy atom. The highest BCUT2D eigenvalue weighted by molar-refractivity contribution is 6.30. The van der Waals surface area contributed by atoms with Gasteiger partial charge in [0.15, 0.2) is 0 Å². The summed E-state index contributed by atoms with van der Waals surface area (Å²) in [4.78, 5) is 2.66. The van der Waals surface area contributed by atoms with Crippen molar-refractivity contribution in [2.75, 3.05) is 13.1 Å². The van der Waals surface area contributed by atoms with Crippen molar-refractivity contribution in [2.45, 2.75) is 70.3 Å². The van der Waals surface area contributed by atoms with Crippen LogP contribution >= 0.6 is 11.6 Å². The molecule has 1 fully saturated rings. The van der Waals surface area contributed by atoms with Crippen molar-refractivity contribution >= 4 is 11.6 Å². The molecule has 1 aliphatic carbocycles. The van der Waals surface area contributed by atoms with E-state index in [1.54, 1.807) is 0 Å². The summed E-state index contributed by atoms with van der Waals surface area (Å²) in [5, 5.41) is 11.0. The third-order valence-electron chi connectivity index (χ3n) is 6.73. The van der Waals surface area contributed by atoms with Crippen LogP contribution in [0.25, 0.3) is 0 Å². The zero-order chi connectivity index (χ0) is 21.4. The van der Waals surface area contributed by atoms with E-state index < -0.39 is 0 Å². The fourth-order valence-electron chi connectivity index (χ4n) is 4.84. The molecule has 160 valence electrons. The highest BCUT2D eigenvalue weighted by Crippen LogP contribution is 2.50. The summed E-state index contributed by atoms with van der Waals surface area (Å²) in [6.45, 7) is 6.76. The molecule has 0 saturated heterocycles. The number of nitriles is 1. The van der Waals surface area contributed by atoms with Crippen LogP contribution in [0.3, 0.4) is 0 Å². The first-order valence-electron chi connectivity index (χ1n) is 11.6. The van der Waals surface area contributed by atoms with E-state index in [-0.39, 0.29) is 5.41 Å². The molecule has 2 atom stereocenters. The maximum atomic E-state index is 10.3. The van der Waals surface area contributed by atoms with Crippen LogP contribution in [0.1, 0.15) is 63.5 Å². The Balaban J connectivity index is 1.71. The van der Waals surface area contributed by atoms with Crippen LogP contribution in [0.4, 0.5) is 0 Å². The van der Waals surface area contributed by atoms with Crippen LogP contribution in [0.2, 0.25) is 5.02 Å². The average molecular weight is 423 g/mol. The molecule has 1 saturated carbocycles. The number of hydrogen-bond donors (Lipinski definition) is 0. The zero-order valence-electron chi connectivity index (χ0n) is 18.5. The van der Waals surface area contributed by atoms with Gasteiger partial charge in [-0.3, -0.25) is 0 Å². The smallest absolute Gasteiger partial charge is 0.0851 e. The minimum atomic E-state index is -0.366. The lowest BCUT2D eigenvalue weighted by atomic mass is 9.73. The van der Waals surface area contributed by atoms with Crippen LogP contribution in [-0.4, -0.2) is 24.0 Å². The zero-order valence-corrected chi connectivity index (χ0v) is 19.2. The van der Waals surface area contributed by atoms with Gasteiger partial charge in [0.25, 0.3) is 0 Å². The maximum Gasteiger partial charge on any atom is 0.0851 e. The number of benzene rings is 2. The first kappa shape index (κ1) is 22.9. The van der Waals surface area contributed by atoms with Gasteiger partial charge in [-0.1, -0.05) is 67.9 Å². The van der Waals surface area contributed by atoms with Gasteiger partial charge in [0, 0.05) is 17.6 Å². The molecule has 0 bridgehead atoms. The van der Waals surface area contributed by atoms with Crippen molar-refractivity contribution in [1.29, 1.82) is 5.26 Å². The highest BCUT2D eigenvalue weighted by atomic mass is 35.5. The average Bonchev–Trinajstić information content (AvgIpc) is 3.62. The molecule has 1 aliphatic rings. The quantitative estimate of drug-likeness (QED) is 0.367. The minimum absolute atomic E-state index is 0.366. The van der Waals surface area contributed by atoms with Gasteiger partial charge in [0.1, 0.15) is 0 Å². The first-order chi connectivity index (χ1) is 14.6. The molecule has 0 aromatic heterocycles. The van der Waals surface area contributed by atoms with Gasteiger partial charge >= 0.3 is 0 Å². The van der Waals surface area contributed by atoms with Gasteiger partial charge in [0.05, 0.1) is 11.5 Å². The van der Waals surface area contributed by atoms with Gasteiger partial charge in [-0.25, -0.2) is 0 Å². The topological polar surface area (TPSA) is 27.0 Å². The van der Waals surface area contributed by atoms with E-state index >= 15 is 0 Å². The summed E-state index contributed by atoms with van der Waals surface area (Å²) >= 11 is 6.12. The standard InChI is InChI=1S/C27H35ClN2/c1-3-19-30(20-17-22-8-6-5-7-9-22)26(4-2)16-18-27(21-29,23-10-11-23)24-12-14-25(28)15-13-24/h5-9,12-15,23,26H,3-4,10-11,16-20H2,1-2H3. The lowest BCUT2D eigenvalue weighted by Gasteiger charge is -2.34. The fourth-order valence-corrected chi connectivity index (χ4v) is 4.97. The van der Waals surface area contributed by atoms with Crippen LogP contribution in [0.15, 0.2) is 54.6 Å². The summed E-state index contributed by atoms with van der Waals surface area (Å²) in [6, 6.07) is 22.1. The largest absolute Gasteiger partial charge is 0.300 e. The monoisotopic (exact) mass is 422 g/mol. The second kappa shape index (κ2) is 11.0. The SMILES string of the molecule is CCCN(CCc1ccccc1)C(CC)CCC(C#N)(c1ccc(Cl)cc1)C1CC1. The summed E-state index contributed by atoms with van der Waals surface area (Å²) < 4.78 is 0. The van der Waals surface area contributed by atoms with Gasteiger partial charge < -0.3 is 4.90 Å². The van der Waals surface area contributed by atoms with Crippen LogP contribution in [-0.2, 0) is 11.8 Å². The highest BCUT2D eigenvalue weighted by Gasteiger charge is 2.47. The molecule has 0 amide bonds. The molecular formula is C27H35ClN2. The summed E-state index contributed by atoms with van der Waals surface area (Å²) in [6.07, 6.45) is 7.70. The molecule has 2 aromatic carbocycles. The normalized spacial score (nSPS) is 16.8. The first-order valence-corrected chi connectivity index (χ1v) is 12.0. The lowest BCUT2D eigenvalue weighted by Crippen LogP contribution is -2.39. The molecule has 2 nitrogen and oxygen atoms in total. The predicted molar refractivity (Wildman–Crippen MR) is 127 cm³/mol. The summed E-state index contributed by atoms with van der Waals surface area (Å²) in [5.41, 5.74) is 2.19. The summed E-state index contributed by atoms with van der Waals surface area (Å²) in [5.74, 6) is 0.491. The van der Waals surface area contributed by atoms with E-state index in [0.29, 0.717) is 12.0 Å². The minimum Gasteiger partial charge on any atom is -0.300 e. The van der Waals surface area contributed by atoms with Crippen molar-refractivity contribution in [1.82, 2.24) is 4.90 Å². The van der Waals surface area contributed by atoms with E-state index in [9.17, 15) is 5.26 Å². The number of hydrogen-bond acceptors (Lipinski definition) is 2. The Labute approximate surface area is 187 Å².